The second-order valence-corrected chi connectivity index (χ2v) is 10.7. The second-order valence-electron chi connectivity index (χ2n) is 6.06. The van der Waals surface area contributed by atoms with E-state index in [4.69, 9.17) is 4.74 Å². The molecule has 0 unspecified atom stereocenters. The highest BCUT2D eigenvalue weighted by molar-refractivity contribution is 6.88. The molecule has 1 heterocycles. The molecule has 22 heavy (non-hydrogen) atoms. The Bertz CT molecular complexity index is 707. The Morgan fingerprint density at radius 2 is 1.64 bits per heavy atom. The minimum Gasteiger partial charge on any atom is -0.457 e. The predicted molar refractivity (Wildman–Crippen MR) is 92.3 cm³/mol. The number of rotatable bonds is 5. The lowest BCUT2D eigenvalue weighted by molar-refractivity contribution is 0.483. The van der Waals surface area contributed by atoms with Crippen LogP contribution < -0.4 is 9.92 Å². The summed E-state index contributed by atoms with van der Waals surface area (Å²) in [5, 5.41) is 1.42. The van der Waals surface area contributed by atoms with Crippen LogP contribution in [0.3, 0.4) is 0 Å². The van der Waals surface area contributed by atoms with Crippen LogP contribution in [0, 0.1) is 0 Å². The Hall–Kier alpha value is -2.33. The Morgan fingerprint density at radius 3 is 2.27 bits per heavy atom. The lowest BCUT2D eigenvalue weighted by Crippen LogP contribution is -2.45. The van der Waals surface area contributed by atoms with E-state index < -0.39 is 8.07 Å². The van der Waals surface area contributed by atoms with Crippen LogP contribution in [-0.2, 0) is 6.17 Å². The molecule has 0 saturated heterocycles. The quantitative estimate of drug-likeness (QED) is 0.670. The molecule has 0 aliphatic carbocycles. The molecule has 0 aliphatic rings. The highest BCUT2D eigenvalue weighted by Crippen LogP contribution is 2.20. The summed E-state index contributed by atoms with van der Waals surface area (Å²) in [6.07, 6.45) is 6.79. The van der Waals surface area contributed by atoms with E-state index in [-0.39, 0.29) is 0 Å². The maximum absolute atomic E-state index is 5.85. The molecule has 0 amide bonds. The molecule has 0 fully saturated rings. The van der Waals surface area contributed by atoms with E-state index in [1.807, 2.05) is 49.1 Å². The van der Waals surface area contributed by atoms with E-state index in [1.165, 1.54) is 5.19 Å². The topological polar surface area (TPSA) is 27.1 Å². The van der Waals surface area contributed by atoms with Gasteiger partial charge in [-0.2, -0.15) is 0 Å². The van der Waals surface area contributed by atoms with Gasteiger partial charge in [-0.15, -0.1) is 0 Å². The van der Waals surface area contributed by atoms with Crippen molar-refractivity contribution in [2.75, 3.05) is 0 Å². The summed E-state index contributed by atoms with van der Waals surface area (Å²) in [6.45, 7) is 4.75. The molecule has 0 bridgehead atoms. The van der Waals surface area contributed by atoms with Crippen LogP contribution in [0.2, 0.25) is 13.1 Å². The van der Waals surface area contributed by atoms with E-state index >= 15 is 0 Å². The average molecular weight is 308 g/mol. The van der Waals surface area contributed by atoms with Crippen LogP contribution in [0.1, 0.15) is 0 Å². The van der Waals surface area contributed by atoms with Crippen molar-refractivity contribution in [3.63, 3.8) is 0 Å². The fraction of sp³-hybridized carbons (Fsp3) is 0.167. The average Bonchev–Trinajstić information content (AvgIpc) is 3.01. The number of para-hydroxylation sites is 1. The van der Waals surface area contributed by atoms with Crippen molar-refractivity contribution in [3.05, 3.63) is 73.3 Å². The summed E-state index contributed by atoms with van der Waals surface area (Å²) in [7, 11) is -1.53. The SMILES string of the molecule is C[Si](C)(Cn1ccnc1)c1ccc(Oc2ccccc2)cc1. The van der Waals surface area contributed by atoms with Crippen molar-refractivity contribution in [2.45, 2.75) is 19.3 Å². The molecule has 112 valence electrons. The van der Waals surface area contributed by atoms with Crippen LogP contribution in [0.15, 0.2) is 73.3 Å². The van der Waals surface area contributed by atoms with Crippen molar-refractivity contribution in [1.29, 1.82) is 0 Å². The highest BCUT2D eigenvalue weighted by atomic mass is 28.3. The number of imidazole rings is 1. The van der Waals surface area contributed by atoms with Gasteiger partial charge in [0.1, 0.15) is 19.6 Å². The smallest absolute Gasteiger partial charge is 0.127 e. The van der Waals surface area contributed by atoms with Crippen molar-refractivity contribution in [1.82, 2.24) is 9.55 Å². The zero-order chi connectivity index (χ0) is 15.4. The fourth-order valence-electron chi connectivity index (χ4n) is 2.53. The van der Waals surface area contributed by atoms with E-state index in [2.05, 4.69) is 46.9 Å². The molecule has 3 aromatic rings. The van der Waals surface area contributed by atoms with Gasteiger partial charge in [0.2, 0.25) is 0 Å². The second kappa shape index (κ2) is 6.20. The largest absolute Gasteiger partial charge is 0.457 e. The lowest BCUT2D eigenvalue weighted by Gasteiger charge is -2.23. The molecule has 0 spiro atoms. The van der Waals surface area contributed by atoms with Crippen molar-refractivity contribution < 1.29 is 4.74 Å². The standard InChI is InChI=1S/C18H20N2OSi/c1-22(2,15-20-13-12-19-14-20)18-10-8-17(9-11-18)21-16-6-4-3-5-7-16/h3-14H,15H2,1-2H3. The molecular formula is C18H20N2OSi. The minimum atomic E-state index is -1.53. The van der Waals surface area contributed by atoms with Gasteiger partial charge in [0.25, 0.3) is 0 Å². The van der Waals surface area contributed by atoms with Gasteiger partial charge in [-0.25, -0.2) is 4.98 Å². The van der Waals surface area contributed by atoms with Gasteiger partial charge in [0.15, 0.2) is 0 Å². The third-order valence-corrected chi connectivity index (χ3v) is 6.80. The third-order valence-electron chi connectivity index (χ3n) is 3.75. The first-order chi connectivity index (χ1) is 10.6. The van der Waals surface area contributed by atoms with Gasteiger partial charge >= 0.3 is 0 Å². The summed E-state index contributed by atoms with van der Waals surface area (Å²) in [4.78, 5) is 4.13. The maximum atomic E-state index is 5.85. The molecule has 0 aliphatic heterocycles. The molecule has 4 heteroatoms. The van der Waals surface area contributed by atoms with E-state index in [9.17, 15) is 0 Å². The highest BCUT2D eigenvalue weighted by Gasteiger charge is 2.23. The van der Waals surface area contributed by atoms with Crippen LogP contribution in [-0.4, -0.2) is 17.6 Å². The third kappa shape index (κ3) is 3.46. The lowest BCUT2D eigenvalue weighted by atomic mass is 10.3. The van der Waals surface area contributed by atoms with Crippen LogP contribution in [0.25, 0.3) is 0 Å². The maximum Gasteiger partial charge on any atom is 0.127 e. The Kier molecular flexibility index (Phi) is 4.11. The first-order valence-corrected chi connectivity index (χ1v) is 10.6. The predicted octanol–water partition coefficient (Wildman–Crippen LogP) is 3.83. The number of hydrogen-bond donors (Lipinski definition) is 0. The summed E-state index contributed by atoms with van der Waals surface area (Å²) >= 11 is 0. The number of ether oxygens (including phenoxy) is 1. The first kappa shape index (κ1) is 14.6. The van der Waals surface area contributed by atoms with Gasteiger partial charge < -0.3 is 9.30 Å². The van der Waals surface area contributed by atoms with Crippen molar-refractivity contribution >= 4 is 13.3 Å². The first-order valence-electron chi connectivity index (χ1n) is 7.43. The molecule has 3 rings (SSSR count). The molecule has 0 N–H and O–H groups in total. The molecule has 0 saturated carbocycles. The fourth-order valence-corrected chi connectivity index (χ4v) is 4.88. The monoisotopic (exact) mass is 308 g/mol. The van der Waals surface area contributed by atoms with Crippen LogP contribution in [0.4, 0.5) is 0 Å². The van der Waals surface area contributed by atoms with Gasteiger partial charge in [-0.3, -0.25) is 0 Å². The summed E-state index contributed by atoms with van der Waals surface area (Å²) < 4.78 is 8.02. The molecule has 1 aromatic heterocycles. The van der Waals surface area contributed by atoms with E-state index in [0.717, 1.165) is 17.7 Å². The molecule has 0 atom stereocenters. The molecule has 2 aromatic carbocycles. The summed E-state index contributed by atoms with van der Waals surface area (Å²) in [6, 6.07) is 18.4. The van der Waals surface area contributed by atoms with Crippen molar-refractivity contribution in [2.24, 2.45) is 0 Å². The summed E-state index contributed by atoms with van der Waals surface area (Å²) in [5.41, 5.74) is 0. The number of hydrogen-bond acceptors (Lipinski definition) is 2. The van der Waals surface area contributed by atoms with Gasteiger partial charge in [-0.1, -0.05) is 48.6 Å². The summed E-state index contributed by atoms with van der Waals surface area (Å²) in [5.74, 6) is 1.74. The molecule has 3 nitrogen and oxygen atoms in total. The van der Waals surface area contributed by atoms with Gasteiger partial charge in [0, 0.05) is 18.6 Å². The van der Waals surface area contributed by atoms with Gasteiger partial charge in [-0.05, 0) is 24.3 Å². The number of aromatic nitrogens is 2. The van der Waals surface area contributed by atoms with Crippen molar-refractivity contribution in [3.8, 4) is 11.5 Å². The van der Waals surface area contributed by atoms with Gasteiger partial charge in [0.05, 0.1) is 6.33 Å². The molecule has 0 radical (unpaired) electrons. The molecular weight excluding hydrogens is 288 g/mol. The zero-order valence-corrected chi connectivity index (χ0v) is 13.9. The van der Waals surface area contributed by atoms with Crippen LogP contribution in [0.5, 0.6) is 11.5 Å². The Morgan fingerprint density at radius 1 is 0.955 bits per heavy atom. The minimum absolute atomic E-state index is 0.866. The van der Waals surface area contributed by atoms with E-state index in [1.54, 1.807) is 0 Å². The number of benzene rings is 2. The van der Waals surface area contributed by atoms with Crippen LogP contribution >= 0.6 is 0 Å². The Labute approximate surface area is 132 Å². The number of nitrogens with zero attached hydrogens (tertiary/aromatic N) is 2. The Balaban J connectivity index is 1.73. The zero-order valence-electron chi connectivity index (χ0n) is 12.9. The van der Waals surface area contributed by atoms with E-state index in [0.29, 0.717) is 0 Å². The normalized spacial score (nSPS) is 11.4.